The van der Waals surface area contributed by atoms with Crippen molar-refractivity contribution in [2.75, 3.05) is 10.6 Å². The Bertz CT molecular complexity index is 903. The van der Waals surface area contributed by atoms with Crippen LogP contribution in [0.5, 0.6) is 11.5 Å². The lowest BCUT2D eigenvalue weighted by molar-refractivity contribution is 0.0636. The maximum atomic E-state index is 11.8. The number of carbonyl (C=O) groups is 1. The molecule has 6 nitrogen and oxygen atoms in total. The van der Waals surface area contributed by atoms with Crippen LogP contribution in [0.25, 0.3) is 0 Å². The van der Waals surface area contributed by atoms with Crippen molar-refractivity contribution in [1.82, 2.24) is 4.98 Å². The fraction of sp³-hybridized carbons (Fsp3) is 0.182. The lowest BCUT2D eigenvalue weighted by Crippen LogP contribution is -2.27. The van der Waals surface area contributed by atoms with Crippen LogP contribution in [0.15, 0.2) is 72.9 Å². The minimum absolute atomic E-state index is 0.510. The van der Waals surface area contributed by atoms with E-state index < -0.39 is 11.7 Å². The van der Waals surface area contributed by atoms with E-state index in [9.17, 15) is 4.79 Å². The number of aromatic nitrogens is 1. The Kier molecular flexibility index (Phi) is 5.79. The van der Waals surface area contributed by atoms with Gasteiger partial charge in [-0.15, -0.1) is 0 Å². The average molecular weight is 377 g/mol. The molecule has 0 radical (unpaired) electrons. The molecule has 2 aromatic carbocycles. The second-order valence-electron chi connectivity index (χ2n) is 7.12. The van der Waals surface area contributed by atoms with Crippen LogP contribution in [0, 0.1) is 0 Å². The number of pyridine rings is 1. The van der Waals surface area contributed by atoms with Gasteiger partial charge < -0.3 is 14.8 Å². The van der Waals surface area contributed by atoms with Crippen molar-refractivity contribution in [3.8, 4) is 11.5 Å². The predicted molar refractivity (Wildman–Crippen MR) is 110 cm³/mol. The van der Waals surface area contributed by atoms with E-state index >= 15 is 0 Å². The van der Waals surface area contributed by atoms with Crippen LogP contribution in [0.1, 0.15) is 20.8 Å². The summed E-state index contributed by atoms with van der Waals surface area (Å²) in [5, 5.41) is 5.86. The molecule has 28 heavy (non-hydrogen) atoms. The fourth-order valence-electron chi connectivity index (χ4n) is 2.34. The standard InChI is InChI=1S/C22H23N3O3/c1-22(2,3)28-21(26)25-17-11-14-20(23-15-17)24-16-9-12-19(13-10-16)27-18-7-5-4-6-8-18/h4-15H,1-3H3,(H,23,24)(H,25,26). The van der Waals surface area contributed by atoms with E-state index in [1.54, 1.807) is 18.3 Å². The third-order valence-electron chi connectivity index (χ3n) is 3.51. The summed E-state index contributed by atoms with van der Waals surface area (Å²) in [5.41, 5.74) is 0.891. The minimum atomic E-state index is -0.546. The monoisotopic (exact) mass is 377 g/mol. The predicted octanol–water partition coefficient (Wildman–Crippen LogP) is 5.96. The van der Waals surface area contributed by atoms with Crippen LogP contribution in [-0.2, 0) is 4.74 Å². The van der Waals surface area contributed by atoms with Crippen LogP contribution >= 0.6 is 0 Å². The molecule has 3 aromatic rings. The third kappa shape index (κ3) is 6.02. The smallest absolute Gasteiger partial charge is 0.412 e. The number of para-hydroxylation sites is 1. The Hall–Kier alpha value is -3.54. The Morgan fingerprint density at radius 2 is 1.50 bits per heavy atom. The van der Waals surface area contributed by atoms with Crippen molar-refractivity contribution >= 4 is 23.3 Å². The van der Waals surface area contributed by atoms with Gasteiger partial charge in [-0.25, -0.2) is 9.78 Å². The highest BCUT2D eigenvalue weighted by atomic mass is 16.6. The molecule has 2 N–H and O–H groups in total. The maximum Gasteiger partial charge on any atom is 0.412 e. The first-order valence-corrected chi connectivity index (χ1v) is 8.93. The SMILES string of the molecule is CC(C)(C)OC(=O)Nc1ccc(Nc2ccc(Oc3ccccc3)cc2)nc1. The molecule has 0 fully saturated rings. The lowest BCUT2D eigenvalue weighted by atomic mass is 10.2. The molecule has 0 aliphatic heterocycles. The molecule has 0 bridgehead atoms. The van der Waals surface area contributed by atoms with Crippen molar-refractivity contribution < 1.29 is 14.3 Å². The molecule has 3 rings (SSSR count). The van der Waals surface area contributed by atoms with Gasteiger partial charge in [0.05, 0.1) is 11.9 Å². The molecular weight excluding hydrogens is 354 g/mol. The summed E-state index contributed by atoms with van der Waals surface area (Å²) in [6, 6.07) is 20.7. The van der Waals surface area contributed by atoms with Gasteiger partial charge in [-0.3, -0.25) is 5.32 Å². The molecule has 1 amide bonds. The van der Waals surface area contributed by atoms with Crippen LogP contribution in [0.3, 0.4) is 0 Å². The highest BCUT2D eigenvalue weighted by Crippen LogP contribution is 2.24. The van der Waals surface area contributed by atoms with Crippen LogP contribution < -0.4 is 15.4 Å². The largest absolute Gasteiger partial charge is 0.457 e. The van der Waals surface area contributed by atoms with Crippen LogP contribution in [0.4, 0.5) is 22.0 Å². The van der Waals surface area contributed by atoms with Gasteiger partial charge >= 0.3 is 6.09 Å². The summed E-state index contributed by atoms with van der Waals surface area (Å²) >= 11 is 0. The number of benzene rings is 2. The molecule has 0 saturated heterocycles. The summed E-state index contributed by atoms with van der Waals surface area (Å²) in [4.78, 5) is 16.1. The minimum Gasteiger partial charge on any atom is -0.457 e. The van der Waals surface area contributed by atoms with E-state index in [4.69, 9.17) is 9.47 Å². The van der Waals surface area contributed by atoms with Gasteiger partial charge in [0.25, 0.3) is 0 Å². The number of nitrogens with zero attached hydrogens (tertiary/aromatic N) is 1. The van der Waals surface area contributed by atoms with E-state index in [-0.39, 0.29) is 0 Å². The molecule has 144 valence electrons. The molecule has 0 unspecified atom stereocenters. The molecule has 1 heterocycles. The number of anilines is 3. The fourth-order valence-corrected chi connectivity index (χ4v) is 2.34. The van der Waals surface area contributed by atoms with Gasteiger partial charge in [0.2, 0.25) is 0 Å². The molecule has 0 atom stereocenters. The summed E-state index contributed by atoms with van der Waals surface area (Å²) in [6.07, 6.45) is 1.06. The second kappa shape index (κ2) is 8.43. The van der Waals surface area contributed by atoms with E-state index in [1.165, 1.54) is 0 Å². The van der Waals surface area contributed by atoms with Crippen molar-refractivity contribution in [3.63, 3.8) is 0 Å². The topological polar surface area (TPSA) is 72.5 Å². The Morgan fingerprint density at radius 3 is 2.11 bits per heavy atom. The van der Waals surface area contributed by atoms with Crippen molar-refractivity contribution in [1.29, 1.82) is 0 Å². The Balaban J connectivity index is 1.56. The zero-order valence-corrected chi connectivity index (χ0v) is 16.1. The van der Waals surface area contributed by atoms with Crippen LogP contribution in [-0.4, -0.2) is 16.7 Å². The first-order valence-electron chi connectivity index (χ1n) is 8.93. The lowest BCUT2D eigenvalue weighted by Gasteiger charge is -2.19. The number of carbonyl (C=O) groups excluding carboxylic acids is 1. The first-order chi connectivity index (χ1) is 13.4. The zero-order chi connectivity index (χ0) is 20.0. The quantitative estimate of drug-likeness (QED) is 0.573. The van der Waals surface area contributed by atoms with Gasteiger partial charge in [0.1, 0.15) is 22.9 Å². The highest BCUT2D eigenvalue weighted by molar-refractivity contribution is 5.84. The van der Waals surface area contributed by atoms with Crippen molar-refractivity contribution in [3.05, 3.63) is 72.9 Å². The van der Waals surface area contributed by atoms with E-state index in [0.29, 0.717) is 11.5 Å². The molecule has 6 heteroatoms. The van der Waals surface area contributed by atoms with Gasteiger partial charge in [0.15, 0.2) is 0 Å². The Morgan fingerprint density at radius 1 is 0.857 bits per heavy atom. The summed E-state index contributed by atoms with van der Waals surface area (Å²) < 4.78 is 11.0. The van der Waals surface area contributed by atoms with Gasteiger partial charge in [-0.1, -0.05) is 18.2 Å². The first kappa shape index (κ1) is 19.2. The number of hydrogen-bond acceptors (Lipinski definition) is 5. The molecule has 0 aliphatic rings. The van der Waals surface area contributed by atoms with Crippen molar-refractivity contribution in [2.24, 2.45) is 0 Å². The summed E-state index contributed by atoms with van der Waals surface area (Å²) in [5.74, 6) is 2.20. The van der Waals surface area contributed by atoms with E-state index in [1.807, 2.05) is 75.4 Å². The number of ether oxygens (including phenoxy) is 2. The number of amides is 1. The van der Waals surface area contributed by atoms with Gasteiger partial charge in [-0.2, -0.15) is 0 Å². The molecular formula is C22H23N3O3. The summed E-state index contributed by atoms with van der Waals surface area (Å²) in [6.45, 7) is 5.44. The van der Waals surface area contributed by atoms with Crippen molar-refractivity contribution in [2.45, 2.75) is 26.4 Å². The number of hydrogen-bond donors (Lipinski definition) is 2. The number of nitrogens with one attached hydrogen (secondary N) is 2. The number of rotatable bonds is 5. The maximum absolute atomic E-state index is 11.8. The van der Waals surface area contributed by atoms with Gasteiger partial charge in [-0.05, 0) is 69.3 Å². The van der Waals surface area contributed by atoms with E-state index in [0.717, 1.165) is 17.2 Å². The molecule has 1 aromatic heterocycles. The molecule has 0 spiro atoms. The Labute approximate surface area is 164 Å². The zero-order valence-electron chi connectivity index (χ0n) is 16.1. The second-order valence-corrected chi connectivity index (χ2v) is 7.12. The van der Waals surface area contributed by atoms with Crippen LogP contribution in [0.2, 0.25) is 0 Å². The highest BCUT2D eigenvalue weighted by Gasteiger charge is 2.16. The van der Waals surface area contributed by atoms with E-state index in [2.05, 4.69) is 15.6 Å². The normalized spacial score (nSPS) is 10.8. The molecule has 0 saturated carbocycles. The molecule has 0 aliphatic carbocycles. The third-order valence-corrected chi connectivity index (χ3v) is 3.51. The average Bonchev–Trinajstić information content (AvgIpc) is 2.64. The summed E-state index contributed by atoms with van der Waals surface area (Å²) in [7, 11) is 0. The van der Waals surface area contributed by atoms with Gasteiger partial charge in [0, 0.05) is 5.69 Å².